The lowest BCUT2D eigenvalue weighted by Crippen LogP contribution is -2.24. The fourth-order valence-corrected chi connectivity index (χ4v) is 5.31. The third-order valence-electron chi connectivity index (χ3n) is 4.71. The molecule has 0 bridgehead atoms. The van der Waals surface area contributed by atoms with Gasteiger partial charge in [0.25, 0.3) is 5.56 Å². The summed E-state index contributed by atoms with van der Waals surface area (Å²) in [5.74, 6) is 1.49. The van der Waals surface area contributed by atoms with Gasteiger partial charge in [-0.3, -0.25) is 9.59 Å². The van der Waals surface area contributed by atoms with Crippen molar-refractivity contribution in [2.45, 2.75) is 38.5 Å². The summed E-state index contributed by atoms with van der Waals surface area (Å²) in [6, 6.07) is 8.11. The summed E-state index contributed by atoms with van der Waals surface area (Å²) in [6.45, 7) is 2.57. The highest BCUT2D eigenvalue weighted by atomic mass is 32.2. The van der Waals surface area contributed by atoms with Crippen LogP contribution in [0.2, 0.25) is 0 Å². The Kier molecular flexibility index (Phi) is 5.31. The van der Waals surface area contributed by atoms with E-state index in [2.05, 4.69) is 15.3 Å². The summed E-state index contributed by atoms with van der Waals surface area (Å²) in [5, 5.41) is 3.70. The van der Waals surface area contributed by atoms with E-state index in [4.69, 9.17) is 0 Å². The number of aromatic nitrogens is 2. The van der Waals surface area contributed by atoms with Gasteiger partial charge in [0, 0.05) is 11.4 Å². The van der Waals surface area contributed by atoms with Crippen molar-refractivity contribution in [3.05, 3.63) is 62.0 Å². The van der Waals surface area contributed by atoms with E-state index in [-0.39, 0.29) is 11.5 Å². The summed E-state index contributed by atoms with van der Waals surface area (Å²) in [4.78, 5) is 34.1. The molecule has 2 aromatic heterocycles. The van der Waals surface area contributed by atoms with Crippen LogP contribution in [0.15, 0.2) is 29.1 Å². The summed E-state index contributed by atoms with van der Waals surface area (Å²) in [5.41, 5.74) is 3.44. The Morgan fingerprint density at radius 3 is 2.93 bits per heavy atom. The number of hydrogen-bond acceptors (Lipinski definition) is 5. The molecule has 1 aliphatic rings. The molecule has 2 heterocycles. The van der Waals surface area contributed by atoms with Crippen molar-refractivity contribution in [1.82, 2.24) is 15.3 Å². The molecule has 7 heteroatoms. The first-order valence-electron chi connectivity index (χ1n) is 9.03. The topological polar surface area (TPSA) is 74.8 Å². The van der Waals surface area contributed by atoms with Crippen molar-refractivity contribution in [2.24, 2.45) is 0 Å². The Hall–Kier alpha value is -2.12. The van der Waals surface area contributed by atoms with Crippen LogP contribution in [0.5, 0.6) is 0 Å². The van der Waals surface area contributed by atoms with Crippen LogP contribution in [0.1, 0.15) is 33.8 Å². The monoisotopic (exact) mass is 399 g/mol. The molecule has 1 aromatic carbocycles. The van der Waals surface area contributed by atoms with E-state index < -0.39 is 0 Å². The molecule has 0 aliphatic heterocycles. The minimum Gasteiger partial charge on any atom is -0.351 e. The number of thioether (sulfide) groups is 1. The number of fused-ring (bicyclic) bond motifs is 3. The zero-order valence-electron chi connectivity index (χ0n) is 15.1. The predicted octanol–water partition coefficient (Wildman–Crippen LogP) is 3.33. The molecule has 0 spiro atoms. The number of rotatable bonds is 6. The zero-order chi connectivity index (χ0) is 18.8. The fraction of sp³-hybridized carbons (Fsp3) is 0.350. The number of carbonyl (C=O) groups is 1. The van der Waals surface area contributed by atoms with Gasteiger partial charge in [0.1, 0.15) is 10.7 Å². The van der Waals surface area contributed by atoms with Gasteiger partial charge in [-0.05, 0) is 37.3 Å². The van der Waals surface area contributed by atoms with Crippen LogP contribution in [0.3, 0.4) is 0 Å². The Morgan fingerprint density at radius 2 is 2.11 bits per heavy atom. The summed E-state index contributed by atoms with van der Waals surface area (Å²) in [7, 11) is 0. The molecular weight excluding hydrogens is 378 g/mol. The van der Waals surface area contributed by atoms with Crippen molar-refractivity contribution < 1.29 is 4.79 Å². The fourth-order valence-electron chi connectivity index (χ4n) is 3.31. The zero-order valence-corrected chi connectivity index (χ0v) is 16.8. The molecule has 5 nitrogen and oxygen atoms in total. The number of amides is 1. The molecule has 2 N–H and O–H groups in total. The molecule has 0 saturated heterocycles. The number of nitrogens with one attached hydrogen (secondary N) is 2. The standard InChI is InChI=1S/C20H21N3O2S2/c1-12-5-7-13(8-6-12)9-21-17(24)11-26-10-16-22-19(25)18-14-3-2-4-15(14)27-20(18)23-16/h5-8H,2-4,9-11H2,1H3,(H,21,24)(H,22,23,25). The van der Waals surface area contributed by atoms with Gasteiger partial charge in [-0.15, -0.1) is 23.1 Å². The van der Waals surface area contributed by atoms with Gasteiger partial charge in [-0.1, -0.05) is 29.8 Å². The van der Waals surface area contributed by atoms with Crippen LogP contribution < -0.4 is 10.9 Å². The van der Waals surface area contributed by atoms with Crippen molar-refractivity contribution in [2.75, 3.05) is 5.75 Å². The average Bonchev–Trinajstić information content (AvgIpc) is 3.22. The van der Waals surface area contributed by atoms with E-state index in [9.17, 15) is 9.59 Å². The third kappa shape index (κ3) is 4.09. The molecule has 0 unspecified atom stereocenters. The summed E-state index contributed by atoms with van der Waals surface area (Å²) in [6.07, 6.45) is 3.17. The molecule has 140 valence electrons. The van der Waals surface area contributed by atoms with Gasteiger partial charge < -0.3 is 10.3 Å². The van der Waals surface area contributed by atoms with E-state index in [0.717, 1.165) is 35.0 Å². The van der Waals surface area contributed by atoms with Gasteiger partial charge in [0.05, 0.1) is 16.9 Å². The normalized spacial score (nSPS) is 13.1. The van der Waals surface area contributed by atoms with Gasteiger partial charge in [-0.25, -0.2) is 4.98 Å². The number of benzene rings is 1. The Labute approximate surface area is 165 Å². The third-order valence-corrected chi connectivity index (χ3v) is 6.84. The van der Waals surface area contributed by atoms with Crippen LogP contribution in [0, 0.1) is 6.92 Å². The van der Waals surface area contributed by atoms with Gasteiger partial charge in [0.15, 0.2) is 0 Å². The van der Waals surface area contributed by atoms with Gasteiger partial charge in [-0.2, -0.15) is 0 Å². The second-order valence-electron chi connectivity index (χ2n) is 6.81. The number of aryl methyl sites for hydroxylation is 3. The first-order chi connectivity index (χ1) is 13.1. The second-order valence-corrected chi connectivity index (χ2v) is 8.87. The largest absolute Gasteiger partial charge is 0.351 e. The number of hydrogen-bond donors (Lipinski definition) is 2. The molecule has 0 fully saturated rings. The SMILES string of the molecule is Cc1ccc(CNC(=O)CSCc2nc3sc4c(c3c(=O)[nH]2)CCC4)cc1. The maximum absolute atomic E-state index is 12.4. The van der Waals surface area contributed by atoms with Crippen molar-refractivity contribution in [3.63, 3.8) is 0 Å². The number of thiophene rings is 1. The molecule has 4 rings (SSSR count). The first-order valence-corrected chi connectivity index (χ1v) is 11.0. The Balaban J connectivity index is 1.31. The predicted molar refractivity (Wildman–Crippen MR) is 111 cm³/mol. The summed E-state index contributed by atoms with van der Waals surface area (Å²) < 4.78 is 0. The molecule has 0 atom stereocenters. The minimum absolute atomic E-state index is 0.0147. The number of nitrogens with zero attached hydrogens (tertiary/aromatic N) is 1. The van der Waals surface area contributed by atoms with Crippen LogP contribution >= 0.6 is 23.1 Å². The van der Waals surface area contributed by atoms with E-state index in [1.807, 2.05) is 31.2 Å². The van der Waals surface area contributed by atoms with Gasteiger partial charge >= 0.3 is 0 Å². The van der Waals surface area contributed by atoms with Crippen LogP contribution in [0.25, 0.3) is 10.2 Å². The van der Waals surface area contributed by atoms with Crippen molar-refractivity contribution in [3.8, 4) is 0 Å². The van der Waals surface area contributed by atoms with E-state index in [0.29, 0.717) is 23.9 Å². The molecule has 3 aromatic rings. The van der Waals surface area contributed by atoms with Gasteiger partial charge in [0.2, 0.25) is 5.91 Å². The Bertz CT molecular complexity index is 1040. The maximum atomic E-state index is 12.4. The minimum atomic E-state index is -0.0428. The summed E-state index contributed by atoms with van der Waals surface area (Å²) >= 11 is 3.10. The highest BCUT2D eigenvalue weighted by Crippen LogP contribution is 2.34. The molecule has 0 radical (unpaired) electrons. The highest BCUT2D eigenvalue weighted by molar-refractivity contribution is 7.99. The molecule has 27 heavy (non-hydrogen) atoms. The Morgan fingerprint density at radius 1 is 1.30 bits per heavy atom. The van der Waals surface area contributed by atoms with Crippen LogP contribution in [-0.2, 0) is 29.9 Å². The lowest BCUT2D eigenvalue weighted by Gasteiger charge is -2.06. The number of H-pyrrole nitrogens is 1. The lowest BCUT2D eigenvalue weighted by molar-refractivity contribution is -0.118. The van der Waals surface area contributed by atoms with Crippen LogP contribution in [0.4, 0.5) is 0 Å². The molecular formula is C20H21N3O2S2. The van der Waals surface area contributed by atoms with E-state index >= 15 is 0 Å². The molecule has 0 saturated carbocycles. The van der Waals surface area contributed by atoms with E-state index in [1.54, 1.807) is 11.3 Å². The quantitative estimate of drug-likeness (QED) is 0.667. The number of aromatic amines is 1. The van der Waals surface area contributed by atoms with Crippen molar-refractivity contribution in [1.29, 1.82) is 0 Å². The smallest absolute Gasteiger partial charge is 0.259 e. The first kappa shape index (κ1) is 18.3. The van der Waals surface area contributed by atoms with Crippen molar-refractivity contribution >= 4 is 39.2 Å². The second kappa shape index (κ2) is 7.86. The molecule has 1 amide bonds. The highest BCUT2D eigenvalue weighted by Gasteiger charge is 2.21. The molecule has 1 aliphatic carbocycles. The lowest BCUT2D eigenvalue weighted by atomic mass is 10.1. The average molecular weight is 400 g/mol. The number of carbonyl (C=O) groups excluding carboxylic acids is 1. The van der Waals surface area contributed by atoms with E-state index in [1.165, 1.54) is 27.8 Å². The van der Waals surface area contributed by atoms with Crippen LogP contribution in [-0.4, -0.2) is 21.6 Å². The maximum Gasteiger partial charge on any atom is 0.259 e.